The monoisotopic (exact) mass is 280 g/mol. The van der Waals surface area contributed by atoms with E-state index in [9.17, 15) is 19.5 Å². The highest BCUT2D eigenvalue weighted by molar-refractivity contribution is 5.94. The molecule has 4 N–H and O–H groups in total. The summed E-state index contributed by atoms with van der Waals surface area (Å²) in [4.78, 5) is 33.1. The number of hydrogen-bond acceptors (Lipinski definition) is 4. The second kappa shape index (κ2) is 7.13. The first-order valence-electron chi connectivity index (χ1n) is 5.96. The number of amides is 2. The lowest BCUT2D eigenvalue weighted by Crippen LogP contribution is -2.29. The van der Waals surface area contributed by atoms with Crippen molar-refractivity contribution in [3.63, 3.8) is 0 Å². The summed E-state index contributed by atoms with van der Waals surface area (Å²) in [5, 5.41) is 22.4. The second-order valence-electron chi connectivity index (χ2n) is 4.22. The number of carbonyl (C=O) groups is 3. The Balaban J connectivity index is 2.40. The number of carbonyl (C=O) groups excluding carboxylic acids is 2. The summed E-state index contributed by atoms with van der Waals surface area (Å²) in [7, 11) is 0. The molecule has 0 spiro atoms. The van der Waals surface area contributed by atoms with Crippen LogP contribution in [0.15, 0.2) is 18.2 Å². The Morgan fingerprint density at radius 3 is 2.40 bits per heavy atom. The molecule has 20 heavy (non-hydrogen) atoms. The lowest BCUT2D eigenvalue weighted by atomic mass is 10.2. The number of hydrogen-bond donors (Lipinski definition) is 4. The maximum Gasteiger partial charge on any atom is 0.322 e. The molecule has 0 fully saturated rings. The Morgan fingerprint density at radius 2 is 1.80 bits per heavy atom. The first-order chi connectivity index (χ1) is 9.38. The number of nitrogens with one attached hydrogen (secondary N) is 2. The van der Waals surface area contributed by atoms with Gasteiger partial charge in [0, 0.05) is 18.5 Å². The van der Waals surface area contributed by atoms with Gasteiger partial charge in [-0.1, -0.05) is 0 Å². The Morgan fingerprint density at radius 1 is 1.15 bits per heavy atom. The van der Waals surface area contributed by atoms with Crippen LogP contribution >= 0.6 is 0 Å². The molecule has 2 amide bonds. The minimum absolute atomic E-state index is 0.0498. The molecule has 1 aromatic rings. The zero-order valence-electron chi connectivity index (χ0n) is 11.0. The molecule has 7 nitrogen and oxygen atoms in total. The maximum atomic E-state index is 11.6. The van der Waals surface area contributed by atoms with Crippen molar-refractivity contribution in [1.82, 2.24) is 5.32 Å². The third-order valence-electron chi connectivity index (χ3n) is 2.50. The number of aryl methyl sites for hydroxylation is 1. The summed E-state index contributed by atoms with van der Waals surface area (Å²) in [6, 6.07) is 4.52. The Labute approximate surface area is 115 Å². The van der Waals surface area contributed by atoms with Crippen LogP contribution in [0.1, 0.15) is 18.4 Å². The molecule has 0 aliphatic rings. The molecule has 0 unspecified atom stereocenters. The highest BCUT2D eigenvalue weighted by Gasteiger charge is 2.09. The summed E-state index contributed by atoms with van der Waals surface area (Å²) >= 11 is 0. The van der Waals surface area contributed by atoms with Gasteiger partial charge in [-0.3, -0.25) is 14.4 Å². The number of carboxylic acid groups (broad SMARTS) is 1. The molecule has 0 aliphatic heterocycles. The molecular weight excluding hydrogens is 264 g/mol. The normalized spacial score (nSPS) is 9.85. The lowest BCUT2D eigenvalue weighted by Gasteiger charge is -2.08. The molecule has 7 heteroatoms. The van der Waals surface area contributed by atoms with Crippen LogP contribution < -0.4 is 10.6 Å². The molecule has 0 aliphatic carbocycles. The van der Waals surface area contributed by atoms with Crippen molar-refractivity contribution in [1.29, 1.82) is 0 Å². The molecule has 1 rings (SSSR count). The molecule has 1 aromatic carbocycles. The van der Waals surface area contributed by atoms with Gasteiger partial charge in [-0.15, -0.1) is 0 Å². The standard InChI is InChI=1S/C13H16N2O5/c1-8-6-9(16)2-3-10(8)15-12(18)5-4-11(17)14-7-13(19)20/h2-3,6,16H,4-5,7H2,1H3,(H,14,17)(H,15,18)(H,19,20). The predicted octanol–water partition coefficient (Wildman–Crippen LogP) is 0.620. The quantitative estimate of drug-likeness (QED) is 0.570. The van der Waals surface area contributed by atoms with Gasteiger partial charge in [0.2, 0.25) is 11.8 Å². The number of anilines is 1. The van der Waals surface area contributed by atoms with Crippen molar-refractivity contribution in [3.05, 3.63) is 23.8 Å². The number of carboxylic acids is 1. The average Bonchev–Trinajstić information content (AvgIpc) is 2.37. The van der Waals surface area contributed by atoms with Gasteiger partial charge in [0.15, 0.2) is 0 Å². The van der Waals surface area contributed by atoms with Crippen molar-refractivity contribution in [2.75, 3.05) is 11.9 Å². The van der Waals surface area contributed by atoms with Gasteiger partial charge in [0.05, 0.1) is 0 Å². The van der Waals surface area contributed by atoms with E-state index in [1.165, 1.54) is 12.1 Å². The van der Waals surface area contributed by atoms with Crippen molar-refractivity contribution in [3.8, 4) is 5.75 Å². The maximum absolute atomic E-state index is 11.6. The first kappa shape index (κ1) is 15.5. The van der Waals surface area contributed by atoms with Gasteiger partial charge in [0.1, 0.15) is 12.3 Å². The fourth-order valence-corrected chi connectivity index (χ4v) is 1.49. The van der Waals surface area contributed by atoms with Gasteiger partial charge in [-0.2, -0.15) is 0 Å². The number of phenolic OH excluding ortho intramolecular Hbond substituents is 1. The molecule has 0 bridgehead atoms. The van der Waals surface area contributed by atoms with Gasteiger partial charge in [0.25, 0.3) is 0 Å². The largest absolute Gasteiger partial charge is 0.508 e. The Kier molecular flexibility index (Phi) is 5.52. The lowest BCUT2D eigenvalue weighted by molar-refractivity contribution is -0.138. The fraction of sp³-hybridized carbons (Fsp3) is 0.308. The summed E-state index contributed by atoms with van der Waals surface area (Å²) in [6.45, 7) is 1.27. The topological polar surface area (TPSA) is 116 Å². The van der Waals surface area contributed by atoms with E-state index in [1.54, 1.807) is 13.0 Å². The van der Waals surface area contributed by atoms with Crippen molar-refractivity contribution in [2.45, 2.75) is 19.8 Å². The van der Waals surface area contributed by atoms with E-state index in [2.05, 4.69) is 10.6 Å². The van der Waals surface area contributed by atoms with Crippen molar-refractivity contribution < 1.29 is 24.6 Å². The SMILES string of the molecule is Cc1cc(O)ccc1NC(=O)CCC(=O)NCC(=O)O. The molecule has 0 atom stereocenters. The minimum atomic E-state index is -1.14. The van der Waals surface area contributed by atoms with Crippen LogP contribution in [-0.4, -0.2) is 34.5 Å². The highest BCUT2D eigenvalue weighted by Crippen LogP contribution is 2.20. The minimum Gasteiger partial charge on any atom is -0.508 e. The third-order valence-corrected chi connectivity index (χ3v) is 2.50. The van der Waals surface area contributed by atoms with Crippen LogP contribution in [0.3, 0.4) is 0 Å². The summed E-state index contributed by atoms with van der Waals surface area (Å²) in [6.07, 6.45) is -0.137. The molecule has 0 radical (unpaired) electrons. The van der Waals surface area contributed by atoms with Gasteiger partial charge >= 0.3 is 5.97 Å². The van der Waals surface area contributed by atoms with Crippen LogP contribution in [0, 0.1) is 6.92 Å². The number of rotatable bonds is 6. The summed E-state index contributed by atoms with van der Waals surface area (Å²) < 4.78 is 0. The van der Waals surface area contributed by atoms with Crippen molar-refractivity contribution in [2.24, 2.45) is 0 Å². The van der Waals surface area contributed by atoms with Gasteiger partial charge in [-0.05, 0) is 30.7 Å². The molecule has 0 heterocycles. The van der Waals surface area contributed by atoms with E-state index < -0.39 is 18.4 Å². The molecule has 0 saturated heterocycles. The van der Waals surface area contributed by atoms with E-state index in [0.717, 1.165) is 0 Å². The van der Waals surface area contributed by atoms with Crippen LogP contribution in [0.25, 0.3) is 0 Å². The second-order valence-corrected chi connectivity index (χ2v) is 4.22. The number of benzene rings is 1. The Hall–Kier alpha value is -2.57. The Bertz CT molecular complexity index is 527. The highest BCUT2D eigenvalue weighted by atomic mass is 16.4. The van der Waals surface area contributed by atoms with E-state index in [-0.39, 0.29) is 24.5 Å². The van der Waals surface area contributed by atoms with Crippen LogP contribution in [0.5, 0.6) is 5.75 Å². The summed E-state index contributed by atoms with van der Waals surface area (Å²) in [5.74, 6) is -1.88. The third kappa shape index (κ3) is 5.38. The number of aromatic hydroxyl groups is 1. The van der Waals surface area contributed by atoms with E-state index >= 15 is 0 Å². The fourth-order valence-electron chi connectivity index (χ4n) is 1.49. The van der Waals surface area contributed by atoms with Gasteiger partial charge < -0.3 is 20.8 Å². The summed E-state index contributed by atoms with van der Waals surface area (Å²) in [5.41, 5.74) is 1.26. The molecule has 0 saturated carbocycles. The smallest absolute Gasteiger partial charge is 0.322 e. The number of aliphatic carboxylic acids is 1. The molecular formula is C13H16N2O5. The van der Waals surface area contributed by atoms with E-state index in [1.807, 2.05) is 0 Å². The average molecular weight is 280 g/mol. The van der Waals surface area contributed by atoms with Crippen LogP contribution in [0.4, 0.5) is 5.69 Å². The molecule has 108 valence electrons. The van der Waals surface area contributed by atoms with Crippen molar-refractivity contribution >= 4 is 23.5 Å². The van der Waals surface area contributed by atoms with E-state index in [0.29, 0.717) is 11.3 Å². The van der Waals surface area contributed by atoms with Crippen LogP contribution in [0.2, 0.25) is 0 Å². The zero-order chi connectivity index (χ0) is 15.1. The first-order valence-corrected chi connectivity index (χ1v) is 5.96. The van der Waals surface area contributed by atoms with E-state index in [4.69, 9.17) is 5.11 Å². The van der Waals surface area contributed by atoms with Gasteiger partial charge in [-0.25, -0.2) is 0 Å². The van der Waals surface area contributed by atoms with Crippen LogP contribution in [-0.2, 0) is 14.4 Å². The molecule has 0 aromatic heterocycles. The zero-order valence-corrected chi connectivity index (χ0v) is 11.0. The predicted molar refractivity (Wildman–Crippen MR) is 71.4 cm³/mol. The number of phenols is 1.